The highest BCUT2D eigenvalue weighted by molar-refractivity contribution is 6.31. The van der Waals surface area contributed by atoms with Crippen molar-refractivity contribution in [1.29, 1.82) is 0 Å². The number of amides is 3. The minimum Gasteiger partial charge on any atom is -0.394 e. The number of carbonyl (C=O) groups is 2. The van der Waals surface area contributed by atoms with Gasteiger partial charge in [-0.15, -0.1) is 0 Å². The van der Waals surface area contributed by atoms with Crippen molar-refractivity contribution in [3.8, 4) is 0 Å². The summed E-state index contributed by atoms with van der Waals surface area (Å²) in [6, 6.07) is 11.8. The molecule has 5 atom stereocenters. The third kappa shape index (κ3) is 5.06. The van der Waals surface area contributed by atoms with E-state index in [1.54, 1.807) is 30.3 Å². The summed E-state index contributed by atoms with van der Waals surface area (Å²) in [5.41, 5.74) is 2.66. The summed E-state index contributed by atoms with van der Waals surface area (Å²) >= 11 is 6.41. The van der Waals surface area contributed by atoms with E-state index in [0.29, 0.717) is 29.2 Å². The molecule has 10 heteroatoms. The van der Waals surface area contributed by atoms with Crippen LogP contribution in [0.3, 0.4) is 0 Å². The second kappa shape index (κ2) is 10.6. The highest BCUT2D eigenvalue weighted by Crippen LogP contribution is 2.34. The Kier molecular flexibility index (Phi) is 7.75. The minimum atomic E-state index is -1.47. The van der Waals surface area contributed by atoms with Crippen LogP contribution >= 0.6 is 11.6 Å². The topological polar surface area (TPSA) is 131 Å². The van der Waals surface area contributed by atoms with Crippen LogP contribution in [-0.2, 0) is 16.0 Å². The van der Waals surface area contributed by atoms with E-state index in [2.05, 4.69) is 0 Å². The van der Waals surface area contributed by atoms with Gasteiger partial charge in [-0.3, -0.25) is 4.79 Å². The first-order valence-corrected chi connectivity index (χ1v) is 11.9. The number of rotatable bonds is 7. The average molecular weight is 505 g/mol. The smallest absolute Gasteiger partial charge is 0.331 e. The second-order valence-electron chi connectivity index (χ2n) is 8.88. The van der Waals surface area contributed by atoms with Gasteiger partial charge in [0.05, 0.1) is 12.3 Å². The fraction of sp³-hybridized carbons (Fsp3) is 0.440. The first-order chi connectivity index (χ1) is 16.7. The molecule has 2 aliphatic heterocycles. The molecule has 0 radical (unpaired) electrons. The zero-order chi connectivity index (χ0) is 25.3. The number of aliphatic hydroxyl groups excluding tert-OH is 4. The van der Waals surface area contributed by atoms with E-state index in [9.17, 15) is 30.0 Å². The minimum absolute atomic E-state index is 0.0782. The van der Waals surface area contributed by atoms with Gasteiger partial charge in [0.2, 0.25) is 0 Å². The number of urea groups is 1. The van der Waals surface area contributed by atoms with E-state index in [1.807, 2.05) is 19.1 Å². The Labute approximate surface area is 208 Å². The molecule has 0 spiro atoms. The third-order valence-electron chi connectivity index (χ3n) is 6.41. The fourth-order valence-corrected chi connectivity index (χ4v) is 4.70. The van der Waals surface area contributed by atoms with Crippen molar-refractivity contribution >= 4 is 29.2 Å². The number of benzene rings is 2. The maximum absolute atomic E-state index is 12.6. The first kappa shape index (κ1) is 25.6. The zero-order valence-electron chi connectivity index (χ0n) is 19.2. The van der Waals surface area contributed by atoms with Gasteiger partial charge in [0.25, 0.3) is 5.91 Å². The molecule has 2 aromatic rings. The molecule has 9 nitrogen and oxygen atoms in total. The van der Waals surface area contributed by atoms with Crippen LogP contribution in [0.15, 0.2) is 42.5 Å². The molecule has 0 aliphatic carbocycles. The Hall–Kier alpha value is -2.53. The van der Waals surface area contributed by atoms with Crippen molar-refractivity contribution in [2.24, 2.45) is 0 Å². The summed E-state index contributed by atoms with van der Waals surface area (Å²) in [6.07, 6.45) is -5.05. The summed E-state index contributed by atoms with van der Waals surface area (Å²) < 4.78 is 5.65. The van der Waals surface area contributed by atoms with E-state index in [0.717, 1.165) is 17.5 Å². The predicted molar refractivity (Wildman–Crippen MR) is 128 cm³/mol. The Morgan fingerprint density at radius 3 is 2.40 bits per heavy atom. The van der Waals surface area contributed by atoms with Gasteiger partial charge < -0.3 is 30.1 Å². The van der Waals surface area contributed by atoms with Crippen LogP contribution < -0.4 is 4.90 Å². The molecule has 0 bridgehead atoms. The second-order valence-corrected chi connectivity index (χ2v) is 9.28. The van der Waals surface area contributed by atoms with E-state index in [4.69, 9.17) is 16.3 Å². The molecule has 2 aliphatic rings. The van der Waals surface area contributed by atoms with Gasteiger partial charge in [-0.2, -0.15) is 0 Å². The number of imide groups is 1. The maximum Gasteiger partial charge on any atom is 0.331 e. The number of hydrogen-bond donors (Lipinski definition) is 4. The number of aliphatic hydroxyl groups is 4. The lowest BCUT2D eigenvalue weighted by molar-refractivity contribution is -0.231. The van der Waals surface area contributed by atoms with Gasteiger partial charge >= 0.3 is 6.03 Å². The molecule has 35 heavy (non-hydrogen) atoms. The summed E-state index contributed by atoms with van der Waals surface area (Å²) in [6.45, 7) is 2.05. The van der Waals surface area contributed by atoms with Gasteiger partial charge in [0.1, 0.15) is 37.1 Å². The molecule has 2 fully saturated rings. The van der Waals surface area contributed by atoms with Crippen LogP contribution in [0.4, 0.5) is 10.5 Å². The highest BCUT2D eigenvalue weighted by atomic mass is 35.5. The summed E-state index contributed by atoms with van der Waals surface area (Å²) in [5, 5.41) is 40.5. The number of ether oxygens (including phenoxy) is 1. The molecular weight excluding hydrogens is 476 g/mol. The van der Waals surface area contributed by atoms with Gasteiger partial charge in [-0.1, -0.05) is 42.8 Å². The number of anilines is 1. The number of carbonyl (C=O) groups excluding carboxylic acids is 2. The van der Waals surface area contributed by atoms with Crippen molar-refractivity contribution in [1.82, 2.24) is 4.90 Å². The van der Waals surface area contributed by atoms with Gasteiger partial charge in [0.15, 0.2) is 0 Å². The molecule has 0 aromatic heterocycles. The number of hydrogen-bond acceptors (Lipinski definition) is 7. The van der Waals surface area contributed by atoms with Crippen molar-refractivity contribution in [2.45, 2.75) is 50.3 Å². The monoisotopic (exact) mass is 504 g/mol. The SMILES string of the molecule is CCCN1CC(=O)N(c2ccc(Cc3cc([C@@H]4O[C@H](CO)[C@@H](O)[C@H](O)[C@@H]4O)ccc3Cl)cc2)C1=O. The van der Waals surface area contributed by atoms with Crippen LogP contribution in [0.2, 0.25) is 5.02 Å². The molecule has 3 amide bonds. The molecular formula is C25H29ClN2O7. The largest absolute Gasteiger partial charge is 0.394 e. The standard InChI is InChI=1S/C25H29ClN2O7/c1-2-9-27-12-20(30)28(25(27)34)17-6-3-14(4-7-17)10-16-11-15(5-8-18(16)26)24-23(33)22(32)21(31)19(13-29)35-24/h3-8,11,19,21-24,29,31-33H,2,9-10,12-13H2,1H3/t19-,21-,22+,23+,24+/m1/s1. The molecule has 188 valence electrons. The van der Waals surface area contributed by atoms with Crippen molar-refractivity contribution in [2.75, 3.05) is 24.6 Å². The quantitative estimate of drug-likeness (QED) is 0.421. The van der Waals surface area contributed by atoms with E-state index in [1.165, 1.54) is 9.80 Å². The molecule has 2 saturated heterocycles. The van der Waals surface area contributed by atoms with Crippen molar-refractivity contribution in [3.63, 3.8) is 0 Å². The Bertz CT molecular complexity index is 1080. The number of halogens is 1. The van der Waals surface area contributed by atoms with Gasteiger partial charge in [-0.25, -0.2) is 9.69 Å². The number of nitrogens with zero attached hydrogens (tertiary/aromatic N) is 2. The molecule has 0 unspecified atom stereocenters. The molecule has 4 rings (SSSR count). The summed E-state index contributed by atoms with van der Waals surface area (Å²) in [5.74, 6) is -0.258. The lowest BCUT2D eigenvalue weighted by atomic mass is 9.90. The fourth-order valence-electron chi connectivity index (χ4n) is 4.52. The van der Waals surface area contributed by atoms with Crippen molar-refractivity contribution in [3.05, 3.63) is 64.2 Å². The molecule has 2 heterocycles. The van der Waals surface area contributed by atoms with Crippen LogP contribution in [-0.4, -0.2) is 81.4 Å². The van der Waals surface area contributed by atoms with E-state index < -0.39 is 37.1 Å². The first-order valence-electron chi connectivity index (χ1n) is 11.5. The maximum atomic E-state index is 12.6. The average Bonchev–Trinajstić information content (AvgIpc) is 3.13. The van der Waals surface area contributed by atoms with Crippen LogP contribution in [0, 0.1) is 0 Å². The van der Waals surface area contributed by atoms with Crippen LogP contribution in [0.5, 0.6) is 0 Å². The van der Waals surface area contributed by atoms with E-state index >= 15 is 0 Å². The lowest BCUT2D eigenvalue weighted by Gasteiger charge is -2.40. The predicted octanol–water partition coefficient (Wildman–Crippen LogP) is 1.62. The normalized spacial score (nSPS) is 27.1. The van der Waals surface area contributed by atoms with Crippen LogP contribution in [0.1, 0.15) is 36.1 Å². The van der Waals surface area contributed by atoms with Crippen LogP contribution in [0.25, 0.3) is 0 Å². The van der Waals surface area contributed by atoms with Gasteiger partial charge in [-0.05, 0) is 47.7 Å². The molecule has 4 N–H and O–H groups in total. The molecule has 2 aromatic carbocycles. The Morgan fingerprint density at radius 2 is 1.74 bits per heavy atom. The highest BCUT2D eigenvalue weighted by Gasteiger charge is 2.44. The Balaban J connectivity index is 1.52. The summed E-state index contributed by atoms with van der Waals surface area (Å²) in [7, 11) is 0. The van der Waals surface area contributed by atoms with Gasteiger partial charge in [0, 0.05) is 11.6 Å². The summed E-state index contributed by atoms with van der Waals surface area (Å²) in [4.78, 5) is 27.6. The molecule has 0 saturated carbocycles. The third-order valence-corrected chi connectivity index (χ3v) is 6.78. The Morgan fingerprint density at radius 1 is 1.03 bits per heavy atom. The lowest BCUT2D eigenvalue weighted by Crippen LogP contribution is -2.55. The van der Waals surface area contributed by atoms with E-state index in [-0.39, 0.29) is 18.5 Å². The zero-order valence-corrected chi connectivity index (χ0v) is 20.0. The van der Waals surface area contributed by atoms with Crippen molar-refractivity contribution < 1.29 is 34.8 Å².